The molecule has 0 amide bonds. The largest absolute Gasteiger partial charge is 0.371 e. The Labute approximate surface area is 92.0 Å². The van der Waals surface area contributed by atoms with Gasteiger partial charge in [0.1, 0.15) is 0 Å². The van der Waals surface area contributed by atoms with Crippen LogP contribution in [-0.4, -0.2) is 6.67 Å². The molecule has 1 rings (SSSR count). The number of aryl methyl sites for hydroxylation is 1. The number of nitrogens with one attached hydrogen (secondary N) is 2. The average molecular weight is 207 g/mol. The molecular weight excluding hydrogens is 186 g/mol. The fraction of sp³-hybridized carbons (Fsp3) is 0.500. The number of hydrogen-bond acceptors (Lipinski definition) is 3. The molecule has 0 atom stereocenters. The summed E-state index contributed by atoms with van der Waals surface area (Å²) in [6, 6.07) is 6.48. The van der Waals surface area contributed by atoms with Crippen molar-refractivity contribution in [3.63, 3.8) is 0 Å². The van der Waals surface area contributed by atoms with Crippen LogP contribution in [0.4, 0.5) is 5.69 Å². The Morgan fingerprint density at radius 3 is 2.40 bits per heavy atom. The Bertz CT molecular complexity index is 326. The molecule has 0 unspecified atom stereocenters. The van der Waals surface area contributed by atoms with E-state index in [-0.39, 0.29) is 5.41 Å². The molecule has 0 spiro atoms. The highest BCUT2D eigenvalue weighted by Gasteiger charge is 2.13. The van der Waals surface area contributed by atoms with E-state index < -0.39 is 0 Å². The number of hydrazine groups is 1. The van der Waals surface area contributed by atoms with Crippen LogP contribution < -0.4 is 16.6 Å². The molecule has 0 aliphatic heterocycles. The quantitative estimate of drug-likeness (QED) is 0.404. The van der Waals surface area contributed by atoms with E-state index in [1.807, 2.05) is 0 Å². The molecule has 4 N–H and O–H groups in total. The fourth-order valence-corrected chi connectivity index (χ4v) is 1.47. The van der Waals surface area contributed by atoms with Gasteiger partial charge >= 0.3 is 0 Å². The van der Waals surface area contributed by atoms with E-state index in [1.165, 1.54) is 11.1 Å². The lowest BCUT2D eigenvalue weighted by molar-refractivity contribution is 0.590. The van der Waals surface area contributed by atoms with E-state index in [2.05, 4.69) is 56.6 Å². The van der Waals surface area contributed by atoms with Crippen LogP contribution in [0, 0.1) is 6.92 Å². The monoisotopic (exact) mass is 207 g/mol. The Morgan fingerprint density at radius 2 is 1.93 bits per heavy atom. The molecule has 1 aromatic carbocycles. The van der Waals surface area contributed by atoms with Gasteiger partial charge in [0.25, 0.3) is 0 Å². The van der Waals surface area contributed by atoms with E-state index >= 15 is 0 Å². The van der Waals surface area contributed by atoms with Crippen molar-refractivity contribution in [2.24, 2.45) is 5.84 Å². The summed E-state index contributed by atoms with van der Waals surface area (Å²) in [6.45, 7) is 9.34. The highest BCUT2D eigenvalue weighted by atomic mass is 15.3. The van der Waals surface area contributed by atoms with Gasteiger partial charge < -0.3 is 5.32 Å². The third kappa shape index (κ3) is 3.22. The summed E-state index contributed by atoms with van der Waals surface area (Å²) in [5.41, 5.74) is 6.51. The zero-order valence-corrected chi connectivity index (χ0v) is 10.0. The van der Waals surface area contributed by atoms with Crippen LogP contribution >= 0.6 is 0 Å². The number of anilines is 1. The first kappa shape index (κ1) is 12.0. The first-order valence-corrected chi connectivity index (χ1v) is 5.23. The van der Waals surface area contributed by atoms with Gasteiger partial charge in [-0.15, -0.1) is 0 Å². The molecule has 0 bridgehead atoms. The van der Waals surface area contributed by atoms with Crippen LogP contribution in [-0.2, 0) is 5.41 Å². The molecule has 15 heavy (non-hydrogen) atoms. The highest BCUT2D eigenvalue weighted by Crippen LogP contribution is 2.26. The minimum Gasteiger partial charge on any atom is -0.371 e. The summed E-state index contributed by atoms with van der Waals surface area (Å²) in [4.78, 5) is 0. The molecule has 0 aliphatic rings. The maximum atomic E-state index is 5.21. The maximum absolute atomic E-state index is 5.21. The van der Waals surface area contributed by atoms with E-state index in [0.29, 0.717) is 6.67 Å². The lowest BCUT2D eigenvalue weighted by atomic mass is 9.86. The molecule has 0 saturated heterocycles. The minimum absolute atomic E-state index is 0.204. The Balaban J connectivity index is 2.88. The summed E-state index contributed by atoms with van der Waals surface area (Å²) in [5, 5.41) is 3.21. The summed E-state index contributed by atoms with van der Waals surface area (Å²) < 4.78 is 0. The van der Waals surface area contributed by atoms with Crippen molar-refractivity contribution in [1.29, 1.82) is 0 Å². The Kier molecular flexibility index (Phi) is 3.72. The first-order valence-electron chi connectivity index (χ1n) is 5.23. The Morgan fingerprint density at radius 1 is 1.27 bits per heavy atom. The lowest BCUT2D eigenvalue weighted by Crippen LogP contribution is -2.28. The third-order valence-corrected chi connectivity index (χ3v) is 2.47. The van der Waals surface area contributed by atoms with Crippen molar-refractivity contribution in [3.8, 4) is 0 Å². The van der Waals surface area contributed by atoms with Gasteiger partial charge in [0.05, 0.1) is 6.67 Å². The van der Waals surface area contributed by atoms with Gasteiger partial charge in [-0.05, 0) is 29.5 Å². The smallest absolute Gasteiger partial charge is 0.0780 e. The molecule has 0 aliphatic carbocycles. The second kappa shape index (κ2) is 4.64. The number of hydrogen-bond donors (Lipinski definition) is 3. The molecular formula is C12H21N3. The summed E-state index contributed by atoms with van der Waals surface area (Å²) in [6.07, 6.45) is 0. The van der Waals surface area contributed by atoms with Gasteiger partial charge in [-0.1, -0.05) is 32.9 Å². The van der Waals surface area contributed by atoms with Gasteiger partial charge in [-0.25, -0.2) is 5.43 Å². The average Bonchev–Trinajstić information content (AvgIpc) is 2.14. The zero-order valence-electron chi connectivity index (χ0n) is 10.0. The van der Waals surface area contributed by atoms with E-state index in [1.54, 1.807) is 0 Å². The predicted octanol–water partition coefficient (Wildman–Crippen LogP) is 2.13. The second-order valence-electron chi connectivity index (χ2n) is 4.84. The fourth-order valence-electron chi connectivity index (χ4n) is 1.47. The lowest BCUT2D eigenvalue weighted by Gasteiger charge is -2.20. The summed E-state index contributed by atoms with van der Waals surface area (Å²) >= 11 is 0. The topological polar surface area (TPSA) is 50.1 Å². The van der Waals surface area contributed by atoms with Crippen molar-refractivity contribution >= 4 is 5.69 Å². The molecule has 0 aromatic heterocycles. The van der Waals surface area contributed by atoms with E-state index in [0.717, 1.165) is 5.69 Å². The van der Waals surface area contributed by atoms with Gasteiger partial charge in [0.2, 0.25) is 0 Å². The van der Waals surface area contributed by atoms with E-state index in [4.69, 9.17) is 5.84 Å². The van der Waals surface area contributed by atoms with Crippen LogP contribution in [0.15, 0.2) is 18.2 Å². The van der Waals surface area contributed by atoms with Crippen molar-refractivity contribution in [3.05, 3.63) is 29.3 Å². The standard InChI is InChI=1S/C12H21N3/c1-9-7-10(12(2,3)4)5-6-11(9)14-8-15-13/h5-7,14-15H,8,13H2,1-4H3. The number of nitrogens with two attached hydrogens (primary N) is 1. The van der Waals surface area contributed by atoms with Gasteiger partial charge in [-0.3, -0.25) is 5.84 Å². The Hall–Kier alpha value is -1.06. The predicted molar refractivity (Wildman–Crippen MR) is 65.7 cm³/mol. The van der Waals surface area contributed by atoms with Crippen LogP contribution in [0.1, 0.15) is 31.9 Å². The van der Waals surface area contributed by atoms with Crippen LogP contribution in [0.25, 0.3) is 0 Å². The van der Waals surface area contributed by atoms with Crippen molar-refractivity contribution in [1.82, 2.24) is 5.43 Å². The van der Waals surface area contributed by atoms with Crippen molar-refractivity contribution in [2.75, 3.05) is 12.0 Å². The number of rotatable bonds is 3. The molecule has 84 valence electrons. The van der Waals surface area contributed by atoms with Gasteiger partial charge in [-0.2, -0.15) is 0 Å². The molecule has 1 aromatic rings. The van der Waals surface area contributed by atoms with Crippen LogP contribution in [0.3, 0.4) is 0 Å². The van der Waals surface area contributed by atoms with Gasteiger partial charge in [0.15, 0.2) is 0 Å². The second-order valence-corrected chi connectivity index (χ2v) is 4.84. The highest BCUT2D eigenvalue weighted by molar-refractivity contribution is 5.52. The molecule has 3 nitrogen and oxygen atoms in total. The van der Waals surface area contributed by atoms with Gasteiger partial charge in [0, 0.05) is 5.69 Å². The first-order chi connectivity index (χ1) is 6.95. The summed E-state index contributed by atoms with van der Waals surface area (Å²) in [7, 11) is 0. The van der Waals surface area contributed by atoms with Crippen molar-refractivity contribution < 1.29 is 0 Å². The molecule has 0 saturated carbocycles. The van der Waals surface area contributed by atoms with Crippen LogP contribution in [0.2, 0.25) is 0 Å². The number of benzene rings is 1. The third-order valence-electron chi connectivity index (χ3n) is 2.47. The zero-order chi connectivity index (χ0) is 11.5. The molecule has 3 heteroatoms. The minimum atomic E-state index is 0.204. The van der Waals surface area contributed by atoms with Crippen molar-refractivity contribution in [2.45, 2.75) is 33.1 Å². The maximum Gasteiger partial charge on any atom is 0.0780 e. The SMILES string of the molecule is Cc1cc(C(C)(C)C)ccc1NCNN. The summed E-state index contributed by atoms with van der Waals surface area (Å²) in [5.74, 6) is 5.21. The normalized spacial score (nSPS) is 11.5. The van der Waals surface area contributed by atoms with Crippen LogP contribution in [0.5, 0.6) is 0 Å². The molecule has 0 radical (unpaired) electrons. The molecule has 0 fully saturated rings. The molecule has 0 heterocycles. The van der Waals surface area contributed by atoms with E-state index in [9.17, 15) is 0 Å².